The summed E-state index contributed by atoms with van der Waals surface area (Å²) < 4.78 is 2.85. The molecule has 2 aliphatic heterocycles. The van der Waals surface area contributed by atoms with E-state index in [9.17, 15) is 24.3 Å². The molecule has 226 valence electrons. The van der Waals surface area contributed by atoms with Gasteiger partial charge < -0.3 is 26.4 Å². The number of thioether (sulfide) groups is 1. The van der Waals surface area contributed by atoms with Crippen LogP contribution in [0.4, 0.5) is 10.6 Å². The summed E-state index contributed by atoms with van der Waals surface area (Å²) in [6.45, 7) is 9.16. The van der Waals surface area contributed by atoms with E-state index in [2.05, 4.69) is 35.1 Å². The molecule has 0 aliphatic carbocycles. The molecule has 3 rings (SSSR count). The van der Waals surface area contributed by atoms with Crippen LogP contribution in [0.5, 0.6) is 0 Å². The molecule has 0 bridgehead atoms. The highest BCUT2D eigenvalue weighted by Gasteiger charge is 2.42. The lowest BCUT2D eigenvalue weighted by molar-refractivity contribution is -0.121. The van der Waals surface area contributed by atoms with Crippen molar-refractivity contribution in [1.29, 1.82) is 0 Å². The summed E-state index contributed by atoms with van der Waals surface area (Å²) in [5.41, 5.74) is -0.187. The van der Waals surface area contributed by atoms with Gasteiger partial charge in [-0.25, -0.2) is 9.59 Å². The second-order valence-corrected chi connectivity index (χ2v) is 12.6. The van der Waals surface area contributed by atoms with Crippen molar-refractivity contribution < 1.29 is 14.7 Å². The molecular formula is C28H48N6O5S. The standard InChI is InChI=1S/C28H48N6O5S/c1-5-18(2)16-30-25-20(4)26(37)34(14-9-8-10-19(3)35)28(39)33(25)15-13-29-23(36)12-7-6-11-22-24-21(17-40-22)31-27(38)32-24/h18-19,21-22,24,30,35H,5-17H2,1-4H3,(H,29,36)(H2,31,32,38). The molecule has 0 aromatic carbocycles. The number of nitrogens with zero attached hydrogens (tertiary/aromatic N) is 2. The average molecular weight is 581 g/mol. The van der Waals surface area contributed by atoms with E-state index in [-0.39, 0.29) is 48.4 Å². The number of carbonyl (C=O) groups is 2. The van der Waals surface area contributed by atoms with Crippen LogP contribution < -0.4 is 32.5 Å². The minimum atomic E-state index is -0.410. The molecule has 0 spiro atoms. The molecular weight excluding hydrogens is 532 g/mol. The van der Waals surface area contributed by atoms with Crippen molar-refractivity contribution in [2.24, 2.45) is 5.92 Å². The lowest BCUT2D eigenvalue weighted by Gasteiger charge is -2.21. The van der Waals surface area contributed by atoms with E-state index in [1.54, 1.807) is 18.4 Å². The number of rotatable bonds is 17. The van der Waals surface area contributed by atoms with Gasteiger partial charge in [-0.15, -0.1) is 0 Å². The number of aliphatic hydroxyl groups excluding tert-OH is 1. The van der Waals surface area contributed by atoms with Crippen LogP contribution in [-0.4, -0.2) is 68.5 Å². The topological polar surface area (TPSA) is 146 Å². The molecule has 2 fully saturated rings. The molecule has 3 amide bonds. The number of amides is 3. The molecule has 5 N–H and O–H groups in total. The Kier molecular flexibility index (Phi) is 12.4. The van der Waals surface area contributed by atoms with Crippen LogP contribution in [0.1, 0.15) is 77.7 Å². The highest BCUT2D eigenvalue weighted by Crippen LogP contribution is 2.33. The molecule has 1 aromatic rings. The summed E-state index contributed by atoms with van der Waals surface area (Å²) >= 11 is 1.88. The van der Waals surface area contributed by atoms with E-state index in [4.69, 9.17) is 0 Å². The van der Waals surface area contributed by atoms with E-state index in [0.717, 1.165) is 37.9 Å². The maximum absolute atomic E-state index is 13.4. The average Bonchev–Trinajstić information content (AvgIpc) is 3.47. The number of hydrogen-bond acceptors (Lipinski definition) is 7. The van der Waals surface area contributed by atoms with Crippen molar-refractivity contribution >= 4 is 29.5 Å². The number of hydrogen-bond donors (Lipinski definition) is 5. The third kappa shape index (κ3) is 8.76. The zero-order chi connectivity index (χ0) is 29.2. The van der Waals surface area contributed by atoms with Gasteiger partial charge in [0.25, 0.3) is 5.56 Å². The molecule has 0 radical (unpaired) electrons. The largest absolute Gasteiger partial charge is 0.393 e. The predicted molar refractivity (Wildman–Crippen MR) is 160 cm³/mol. The van der Waals surface area contributed by atoms with Gasteiger partial charge in [0, 0.05) is 43.6 Å². The molecule has 3 heterocycles. The van der Waals surface area contributed by atoms with Gasteiger partial charge in [-0.2, -0.15) is 11.8 Å². The third-order valence-electron chi connectivity index (χ3n) is 7.96. The number of aliphatic hydroxyl groups is 1. The van der Waals surface area contributed by atoms with Gasteiger partial charge in [-0.3, -0.25) is 18.7 Å². The van der Waals surface area contributed by atoms with Crippen molar-refractivity contribution in [1.82, 2.24) is 25.1 Å². The van der Waals surface area contributed by atoms with Gasteiger partial charge in [0.1, 0.15) is 5.82 Å². The van der Waals surface area contributed by atoms with E-state index >= 15 is 0 Å². The first-order valence-corrected chi connectivity index (χ1v) is 15.9. The van der Waals surface area contributed by atoms with Crippen LogP contribution in [0.25, 0.3) is 0 Å². The molecule has 2 saturated heterocycles. The molecule has 11 nitrogen and oxygen atoms in total. The number of unbranched alkanes of at least 4 members (excludes halogenated alkanes) is 2. The Morgan fingerprint density at radius 2 is 1.88 bits per heavy atom. The molecule has 5 unspecified atom stereocenters. The van der Waals surface area contributed by atoms with Gasteiger partial charge in [-0.1, -0.05) is 26.7 Å². The van der Waals surface area contributed by atoms with Crippen molar-refractivity contribution in [2.75, 3.05) is 24.2 Å². The van der Waals surface area contributed by atoms with Crippen LogP contribution in [-0.2, 0) is 17.9 Å². The van der Waals surface area contributed by atoms with Gasteiger partial charge in [0.15, 0.2) is 0 Å². The highest BCUT2D eigenvalue weighted by molar-refractivity contribution is 8.00. The Morgan fingerprint density at radius 3 is 2.60 bits per heavy atom. The molecule has 12 heteroatoms. The summed E-state index contributed by atoms with van der Waals surface area (Å²) in [5.74, 6) is 1.76. The zero-order valence-corrected chi connectivity index (χ0v) is 25.3. The first kappa shape index (κ1) is 32.0. The molecule has 2 aliphatic rings. The SMILES string of the molecule is CCC(C)CNc1c(C)c(=O)n(CCCCC(C)O)c(=O)n1CCNC(=O)CCCCC1SCC2NC(=O)NC21. The fourth-order valence-corrected chi connectivity index (χ4v) is 6.81. The summed E-state index contributed by atoms with van der Waals surface area (Å²) in [6.07, 6.45) is 5.57. The molecule has 40 heavy (non-hydrogen) atoms. The zero-order valence-electron chi connectivity index (χ0n) is 24.5. The number of anilines is 1. The fourth-order valence-electron chi connectivity index (χ4n) is 5.26. The Hall–Kier alpha value is -2.47. The van der Waals surface area contributed by atoms with E-state index in [1.807, 2.05) is 11.8 Å². The van der Waals surface area contributed by atoms with Crippen molar-refractivity contribution in [2.45, 2.75) is 116 Å². The minimum Gasteiger partial charge on any atom is -0.393 e. The normalized spacial score (nSPS) is 21.4. The summed E-state index contributed by atoms with van der Waals surface area (Å²) in [7, 11) is 0. The maximum Gasteiger partial charge on any atom is 0.332 e. The van der Waals surface area contributed by atoms with Gasteiger partial charge >= 0.3 is 11.7 Å². The first-order chi connectivity index (χ1) is 19.1. The second kappa shape index (κ2) is 15.5. The van der Waals surface area contributed by atoms with Crippen LogP contribution in [0.3, 0.4) is 0 Å². The third-order valence-corrected chi connectivity index (χ3v) is 9.47. The van der Waals surface area contributed by atoms with Gasteiger partial charge in [-0.05, 0) is 51.9 Å². The predicted octanol–water partition coefficient (Wildman–Crippen LogP) is 2.17. The van der Waals surface area contributed by atoms with Crippen LogP contribution in [0.2, 0.25) is 0 Å². The Morgan fingerprint density at radius 1 is 1.10 bits per heavy atom. The fraction of sp³-hybridized carbons (Fsp3) is 0.786. The number of nitrogens with one attached hydrogen (secondary N) is 4. The quantitative estimate of drug-likeness (QED) is 0.140. The molecule has 0 saturated carbocycles. The Labute approximate surface area is 241 Å². The summed E-state index contributed by atoms with van der Waals surface area (Å²) in [5, 5.41) is 22.1. The Balaban J connectivity index is 1.54. The van der Waals surface area contributed by atoms with E-state index < -0.39 is 6.10 Å². The van der Waals surface area contributed by atoms with Crippen LogP contribution in [0.15, 0.2) is 9.59 Å². The van der Waals surface area contributed by atoms with E-state index in [0.29, 0.717) is 54.9 Å². The number of carbonyl (C=O) groups excluding carboxylic acids is 2. The molecule has 1 aromatic heterocycles. The van der Waals surface area contributed by atoms with Gasteiger partial charge in [0.05, 0.1) is 23.8 Å². The van der Waals surface area contributed by atoms with Crippen molar-refractivity contribution in [3.05, 3.63) is 26.4 Å². The minimum absolute atomic E-state index is 0.0573. The maximum atomic E-state index is 13.4. The van der Waals surface area contributed by atoms with Crippen molar-refractivity contribution in [3.63, 3.8) is 0 Å². The molecule has 5 atom stereocenters. The number of aromatic nitrogens is 2. The summed E-state index contributed by atoms with van der Waals surface area (Å²) in [6, 6.07) is 0.303. The van der Waals surface area contributed by atoms with Gasteiger partial charge in [0.2, 0.25) is 5.91 Å². The Bertz CT molecular complexity index is 1120. The second-order valence-electron chi connectivity index (χ2n) is 11.3. The van der Waals surface area contributed by atoms with Crippen LogP contribution in [0, 0.1) is 12.8 Å². The first-order valence-electron chi connectivity index (χ1n) is 14.8. The number of urea groups is 1. The lowest BCUT2D eigenvalue weighted by Crippen LogP contribution is -2.44. The van der Waals surface area contributed by atoms with Crippen molar-refractivity contribution in [3.8, 4) is 0 Å². The highest BCUT2D eigenvalue weighted by atomic mass is 32.2. The smallest absolute Gasteiger partial charge is 0.332 e. The number of fused-ring (bicyclic) bond motifs is 1. The monoisotopic (exact) mass is 580 g/mol. The summed E-state index contributed by atoms with van der Waals surface area (Å²) in [4.78, 5) is 50.6. The van der Waals surface area contributed by atoms with Crippen LogP contribution >= 0.6 is 11.8 Å². The van der Waals surface area contributed by atoms with E-state index in [1.165, 1.54) is 4.57 Å². The lowest BCUT2D eigenvalue weighted by atomic mass is 10.0.